The quantitative estimate of drug-likeness (QED) is 0.368. The van der Waals surface area contributed by atoms with Crippen molar-refractivity contribution < 1.29 is 0 Å². The van der Waals surface area contributed by atoms with Gasteiger partial charge < -0.3 is 9.80 Å². The standard InChI is InChI=1S/C31H45N5/c1-8-30-29(22-35(24(4)5)21-26-12-14-27(15-13-26)23(2)3)31(34-18-16-33(7)17-19-34)36(32-30)28-11-9-10-25(6)20-28/h9-15,20,23-24H,8,16-19,21-22H2,1-7H3. The molecule has 3 aromatic rings. The highest BCUT2D eigenvalue weighted by Gasteiger charge is 2.27. The van der Waals surface area contributed by atoms with Crippen LogP contribution >= 0.6 is 0 Å². The molecule has 4 rings (SSSR count). The van der Waals surface area contributed by atoms with E-state index < -0.39 is 0 Å². The molecule has 194 valence electrons. The maximum atomic E-state index is 5.22. The SMILES string of the molecule is CCc1nn(-c2cccc(C)c2)c(N2CCN(C)CC2)c1CN(Cc1ccc(C(C)C)cc1)C(C)C. The molecule has 0 N–H and O–H groups in total. The van der Waals surface area contributed by atoms with Gasteiger partial charge in [0.25, 0.3) is 0 Å². The molecule has 1 aromatic heterocycles. The number of nitrogens with zero attached hydrogens (tertiary/aromatic N) is 5. The third-order valence-corrected chi connectivity index (χ3v) is 7.55. The summed E-state index contributed by atoms with van der Waals surface area (Å²) in [4.78, 5) is 7.59. The number of aryl methyl sites for hydroxylation is 2. The summed E-state index contributed by atoms with van der Waals surface area (Å²) in [6, 6.07) is 18.4. The van der Waals surface area contributed by atoms with Crippen LogP contribution in [0.15, 0.2) is 48.5 Å². The fourth-order valence-electron chi connectivity index (χ4n) is 5.08. The first-order valence-corrected chi connectivity index (χ1v) is 13.7. The van der Waals surface area contributed by atoms with Crippen LogP contribution in [0.25, 0.3) is 5.69 Å². The van der Waals surface area contributed by atoms with Gasteiger partial charge in [0.1, 0.15) is 5.82 Å². The van der Waals surface area contributed by atoms with Gasteiger partial charge in [-0.05, 0) is 69.0 Å². The number of hydrogen-bond acceptors (Lipinski definition) is 4. The van der Waals surface area contributed by atoms with E-state index >= 15 is 0 Å². The van der Waals surface area contributed by atoms with Crippen molar-refractivity contribution >= 4 is 5.82 Å². The maximum Gasteiger partial charge on any atom is 0.137 e. The largest absolute Gasteiger partial charge is 0.354 e. The van der Waals surface area contributed by atoms with Crippen LogP contribution in [-0.2, 0) is 19.5 Å². The molecule has 0 radical (unpaired) electrons. The number of rotatable bonds is 9. The first kappa shape index (κ1) is 26.4. The molecule has 2 heterocycles. The van der Waals surface area contributed by atoms with Crippen molar-refractivity contribution in [1.29, 1.82) is 0 Å². The molecular formula is C31H45N5. The smallest absolute Gasteiger partial charge is 0.137 e. The monoisotopic (exact) mass is 487 g/mol. The van der Waals surface area contributed by atoms with Crippen LogP contribution in [0, 0.1) is 6.92 Å². The van der Waals surface area contributed by atoms with Crippen molar-refractivity contribution in [2.75, 3.05) is 38.1 Å². The van der Waals surface area contributed by atoms with Gasteiger partial charge in [0.2, 0.25) is 0 Å². The molecule has 1 saturated heterocycles. The highest BCUT2D eigenvalue weighted by Crippen LogP contribution is 2.31. The molecule has 0 saturated carbocycles. The zero-order valence-corrected chi connectivity index (χ0v) is 23.5. The Morgan fingerprint density at radius 3 is 2.19 bits per heavy atom. The number of aromatic nitrogens is 2. The zero-order chi connectivity index (χ0) is 25.8. The minimum absolute atomic E-state index is 0.433. The van der Waals surface area contributed by atoms with E-state index in [2.05, 4.69) is 117 Å². The molecule has 0 spiro atoms. The van der Waals surface area contributed by atoms with Gasteiger partial charge >= 0.3 is 0 Å². The van der Waals surface area contributed by atoms with Gasteiger partial charge in [0, 0.05) is 50.9 Å². The van der Waals surface area contributed by atoms with Gasteiger partial charge in [0.05, 0.1) is 11.4 Å². The van der Waals surface area contributed by atoms with Crippen molar-refractivity contribution in [2.45, 2.75) is 73.0 Å². The van der Waals surface area contributed by atoms with E-state index in [1.165, 1.54) is 33.8 Å². The highest BCUT2D eigenvalue weighted by atomic mass is 15.4. The number of anilines is 1. The molecule has 0 unspecified atom stereocenters. The van der Waals surface area contributed by atoms with Crippen LogP contribution in [0.5, 0.6) is 0 Å². The minimum atomic E-state index is 0.433. The molecule has 1 fully saturated rings. The Bertz CT molecular complexity index is 1120. The molecule has 0 aliphatic carbocycles. The number of likely N-dealkylation sites (N-methyl/N-ethyl adjacent to an activating group) is 1. The Balaban J connectivity index is 1.72. The van der Waals surface area contributed by atoms with Gasteiger partial charge in [-0.15, -0.1) is 0 Å². The van der Waals surface area contributed by atoms with Crippen molar-refractivity contribution in [3.8, 4) is 5.69 Å². The van der Waals surface area contributed by atoms with E-state index in [4.69, 9.17) is 5.10 Å². The lowest BCUT2D eigenvalue weighted by Gasteiger charge is -2.35. The Morgan fingerprint density at radius 1 is 0.917 bits per heavy atom. The van der Waals surface area contributed by atoms with Crippen LogP contribution in [0.3, 0.4) is 0 Å². The summed E-state index contributed by atoms with van der Waals surface area (Å²) in [5.74, 6) is 1.84. The van der Waals surface area contributed by atoms with E-state index in [0.29, 0.717) is 12.0 Å². The molecule has 5 nitrogen and oxygen atoms in total. The summed E-state index contributed by atoms with van der Waals surface area (Å²) in [6.45, 7) is 19.6. The first-order chi connectivity index (χ1) is 17.3. The fourth-order valence-corrected chi connectivity index (χ4v) is 5.08. The van der Waals surface area contributed by atoms with Crippen LogP contribution in [0.4, 0.5) is 5.82 Å². The lowest BCUT2D eigenvalue weighted by atomic mass is 10.0. The van der Waals surface area contributed by atoms with E-state index in [1.54, 1.807) is 0 Å². The van der Waals surface area contributed by atoms with Gasteiger partial charge in [-0.3, -0.25) is 4.90 Å². The van der Waals surface area contributed by atoms with E-state index in [9.17, 15) is 0 Å². The Kier molecular flexibility index (Phi) is 8.53. The first-order valence-electron chi connectivity index (χ1n) is 13.7. The number of benzene rings is 2. The van der Waals surface area contributed by atoms with E-state index in [1.807, 2.05) is 0 Å². The average Bonchev–Trinajstić information content (AvgIpc) is 3.22. The summed E-state index contributed by atoms with van der Waals surface area (Å²) in [5, 5.41) is 5.22. The minimum Gasteiger partial charge on any atom is -0.354 e. The summed E-state index contributed by atoms with van der Waals surface area (Å²) < 4.78 is 2.22. The summed E-state index contributed by atoms with van der Waals surface area (Å²) in [6.07, 6.45) is 0.934. The third-order valence-electron chi connectivity index (χ3n) is 7.55. The molecule has 0 atom stereocenters. The maximum absolute atomic E-state index is 5.22. The van der Waals surface area contributed by atoms with Crippen LogP contribution in [-0.4, -0.2) is 58.8 Å². The molecule has 0 bridgehead atoms. The molecule has 1 aliphatic heterocycles. The Morgan fingerprint density at radius 2 is 1.61 bits per heavy atom. The van der Waals surface area contributed by atoms with Gasteiger partial charge in [-0.2, -0.15) is 5.10 Å². The van der Waals surface area contributed by atoms with Crippen molar-refractivity contribution in [3.05, 3.63) is 76.5 Å². The van der Waals surface area contributed by atoms with Crippen molar-refractivity contribution in [1.82, 2.24) is 19.6 Å². The van der Waals surface area contributed by atoms with Gasteiger partial charge in [0.15, 0.2) is 0 Å². The fraction of sp³-hybridized carbons (Fsp3) is 0.516. The third kappa shape index (κ3) is 6.01. The topological polar surface area (TPSA) is 27.5 Å². The normalized spacial score (nSPS) is 15.0. The molecule has 36 heavy (non-hydrogen) atoms. The lowest BCUT2D eigenvalue weighted by molar-refractivity contribution is 0.203. The summed E-state index contributed by atoms with van der Waals surface area (Å²) >= 11 is 0. The number of piperazine rings is 1. The van der Waals surface area contributed by atoms with Crippen LogP contribution in [0.1, 0.15) is 68.5 Å². The van der Waals surface area contributed by atoms with E-state index in [-0.39, 0.29) is 0 Å². The lowest BCUT2D eigenvalue weighted by Crippen LogP contribution is -2.45. The van der Waals surface area contributed by atoms with Gasteiger partial charge in [-0.1, -0.05) is 57.2 Å². The van der Waals surface area contributed by atoms with Crippen LogP contribution < -0.4 is 4.90 Å². The number of hydrogen-bond donors (Lipinski definition) is 0. The Labute approximate surface area is 218 Å². The highest BCUT2D eigenvalue weighted by molar-refractivity contribution is 5.56. The average molecular weight is 488 g/mol. The second-order valence-electron chi connectivity index (χ2n) is 11.0. The molecule has 1 aliphatic rings. The van der Waals surface area contributed by atoms with Crippen molar-refractivity contribution in [2.24, 2.45) is 0 Å². The molecule has 0 amide bonds. The summed E-state index contributed by atoms with van der Waals surface area (Å²) in [5.41, 5.74) is 7.80. The van der Waals surface area contributed by atoms with Crippen LogP contribution in [0.2, 0.25) is 0 Å². The molecule has 2 aromatic carbocycles. The second-order valence-corrected chi connectivity index (χ2v) is 11.0. The Hall–Kier alpha value is -2.63. The van der Waals surface area contributed by atoms with Crippen molar-refractivity contribution in [3.63, 3.8) is 0 Å². The summed E-state index contributed by atoms with van der Waals surface area (Å²) in [7, 11) is 2.22. The molecular weight excluding hydrogens is 442 g/mol. The molecule has 5 heteroatoms. The van der Waals surface area contributed by atoms with E-state index in [0.717, 1.165) is 51.4 Å². The zero-order valence-electron chi connectivity index (χ0n) is 23.5. The predicted octanol–water partition coefficient (Wildman–Crippen LogP) is 6.03. The second kappa shape index (κ2) is 11.6. The van der Waals surface area contributed by atoms with Gasteiger partial charge in [-0.25, -0.2) is 4.68 Å². The predicted molar refractivity (Wildman–Crippen MR) is 152 cm³/mol.